The van der Waals surface area contributed by atoms with Crippen LogP contribution >= 0.6 is 69.6 Å². The number of halogens is 6. The summed E-state index contributed by atoms with van der Waals surface area (Å²) in [6.45, 7) is -1.47. The molecule has 54 heavy (non-hydrogen) atoms. The molecule has 3 aromatic carbocycles. The third-order valence-electron chi connectivity index (χ3n) is 7.51. The number of alkyl carbamates (subject to hydrolysis) is 1. The first-order valence-electron chi connectivity index (χ1n) is 16.3. The van der Waals surface area contributed by atoms with Gasteiger partial charge in [-0.1, -0.05) is 166 Å². The predicted molar refractivity (Wildman–Crippen MR) is 203 cm³/mol. The summed E-state index contributed by atoms with van der Waals surface area (Å²) in [6, 6.07) is 25.5. The first-order valence-corrected chi connectivity index (χ1v) is 18.6. The van der Waals surface area contributed by atoms with Crippen molar-refractivity contribution in [2.75, 3.05) is 26.4 Å². The first-order chi connectivity index (χ1) is 25.8. The highest BCUT2D eigenvalue weighted by Gasteiger charge is 2.48. The van der Waals surface area contributed by atoms with E-state index < -0.39 is 76.2 Å². The molecule has 0 spiro atoms. The number of ether oxygens (including phenoxy) is 7. The van der Waals surface area contributed by atoms with E-state index in [9.17, 15) is 15.1 Å². The minimum Gasteiger partial charge on any atom is -0.460 e. The number of hydrogen-bond donors (Lipinski definition) is 1. The van der Waals surface area contributed by atoms with Gasteiger partial charge in [-0.15, -0.1) is 0 Å². The third kappa shape index (κ3) is 15.8. The van der Waals surface area contributed by atoms with Gasteiger partial charge in [0.1, 0.15) is 37.6 Å². The van der Waals surface area contributed by atoms with Gasteiger partial charge in [0.15, 0.2) is 12.3 Å². The van der Waals surface area contributed by atoms with E-state index in [0.29, 0.717) is 0 Å². The topological polar surface area (TPSA) is 160 Å². The molecule has 19 heteroatoms. The van der Waals surface area contributed by atoms with Crippen LogP contribution in [0.1, 0.15) is 16.7 Å². The van der Waals surface area contributed by atoms with Crippen molar-refractivity contribution in [3.05, 3.63) is 118 Å². The molecule has 292 valence electrons. The molecule has 1 aliphatic heterocycles. The number of azide groups is 1. The molecule has 0 aliphatic carbocycles. The van der Waals surface area contributed by atoms with E-state index in [-0.39, 0.29) is 26.4 Å². The highest BCUT2D eigenvalue weighted by molar-refractivity contribution is 6.68. The minimum absolute atomic E-state index is 0.0152. The normalized spacial score (nSPS) is 20.7. The number of amides is 1. The number of esters is 1. The Kier molecular flexibility index (Phi) is 18.0. The summed E-state index contributed by atoms with van der Waals surface area (Å²) in [5.74, 6) is -1.08. The van der Waals surface area contributed by atoms with Crippen LogP contribution in [-0.4, -0.2) is 82.8 Å². The van der Waals surface area contributed by atoms with Crippen molar-refractivity contribution in [1.29, 1.82) is 0 Å². The number of nitrogens with one attached hydrogen (secondary N) is 1. The zero-order chi connectivity index (χ0) is 39.0. The van der Waals surface area contributed by atoms with Crippen molar-refractivity contribution in [2.24, 2.45) is 5.11 Å². The maximum absolute atomic E-state index is 13.1. The molecule has 4 rings (SSSR count). The van der Waals surface area contributed by atoms with Crippen LogP contribution in [-0.2, 0) is 57.8 Å². The van der Waals surface area contributed by atoms with Gasteiger partial charge >= 0.3 is 12.1 Å². The maximum atomic E-state index is 13.1. The Bertz CT molecular complexity index is 1630. The molecule has 13 nitrogen and oxygen atoms in total. The molecule has 1 fully saturated rings. The standard InChI is InChI=1S/C35H36Cl6N4O9/c36-34(37,38)21-52-31(46)26(43-33(47)53-22-35(39,40)41)19-51-32-28(44-45-42)30(50-18-25-14-8-3-9-15-25)29(49-17-24-12-6-2-7-13-24)27(54-32)20-48-16-23-10-4-1-5-11-23/h1-15,26-30,32H,16-22H2,(H,43,47)/t26-,27-,28-,29+,30-,32-/m1/s1. The molecule has 1 heterocycles. The lowest BCUT2D eigenvalue weighted by atomic mass is 9.96. The number of carbonyl (C=O) groups is 2. The Morgan fingerprint density at radius 3 is 1.76 bits per heavy atom. The van der Waals surface area contributed by atoms with Crippen LogP contribution in [0.25, 0.3) is 10.4 Å². The second-order valence-electron chi connectivity index (χ2n) is 11.7. The Morgan fingerprint density at radius 2 is 1.24 bits per heavy atom. The largest absolute Gasteiger partial charge is 0.460 e. The van der Waals surface area contributed by atoms with Crippen LogP contribution in [0.2, 0.25) is 0 Å². The van der Waals surface area contributed by atoms with Crippen LogP contribution in [0.3, 0.4) is 0 Å². The van der Waals surface area contributed by atoms with Gasteiger partial charge in [-0.3, -0.25) is 0 Å². The van der Waals surface area contributed by atoms with Gasteiger partial charge in [0.2, 0.25) is 7.59 Å². The second-order valence-corrected chi connectivity index (χ2v) is 16.7. The summed E-state index contributed by atoms with van der Waals surface area (Å²) in [5.41, 5.74) is 12.3. The van der Waals surface area contributed by atoms with Crippen LogP contribution in [0.5, 0.6) is 0 Å². The summed E-state index contributed by atoms with van der Waals surface area (Å²) in [5, 5.41) is 6.27. The smallest absolute Gasteiger partial charge is 0.408 e. The summed E-state index contributed by atoms with van der Waals surface area (Å²) in [7, 11) is 0. The van der Waals surface area contributed by atoms with E-state index in [4.69, 9.17) is 103 Å². The van der Waals surface area contributed by atoms with E-state index in [1.54, 1.807) is 0 Å². The molecule has 0 aromatic heterocycles. The number of rotatable bonds is 18. The lowest BCUT2D eigenvalue weighted by Crippen LogP contribution is -2.61. The Hall–Kier alpha value is -2.75. The molecule has 0 unspecified atom stereocenters. The molecule has 1 amide bonds. The highest BCUT2D eigenvalue weighted by atomic mass is 35.6. The molecular formula is C35H36Cl6N4O9. The molecule has 0 radical (unpaired) electrons. The zero-order valence-electron chi connectivity index (χ0n) is 28.4. The maximum Gasteiger partial charge on any atom is 0.408 e. The number of alkyl halides is 6. The Labute approximate surface area is 341 Å². The number of benzene rings is 3. The summed E-state index contributed by atoms with van der Waals surface area (Å²) >= 11 is 34.4. The second kappa shape index (κ2) is 22.1. The molecule has 0 bridgehead atoms. The highest BCUT2D eigenvalue weighted by Crippen LogP contribution is 2.32. The molecular weight excluding hydrogens is 833 g/mol. The van der Waals surface area contributed by atoms with Crippen molar-refractivity contribution in [3.63, 3.8) is 0 Å². The summed E-state index contributed by atoms with van der Waals surface area (Å²) in [6.07, 6.45) is -5.26. The van der Waals surface area contributed by atoms with Crippen molar-refractivity contribution < 1.29 is 42.7 Å². The SMILES string of the molecule is [N-]=[N+]=N[C@H]1[C@H](OC[C@@H](NC(=O)OCC(Cl)(Cl)Cl)C(=O)OCC(Cl)(Cl)Cl)O[C@H](COCc2ccccc2)[C@H](OCc2ccccc2)[C@@H]1OCc1ccccc1. The minimum atomic E-state index is -1.97. The number of nitrogens with zero attached hydrogens (tertiary/aromatic N) is 3. The van der Waals surface area contributed by atoms with E-state index in [1.165, 1.54) is 0 Å². The quantitative estimate of drug-likeness (QED) is 0.0438. The lowest BCUT2D eigenvalue weighted by molar-refractivity contribution is -0.287. The predicted octanol–water partition coefficient (Wildman–Crippen LogP) is 8.17. The van der Waals surface area contributed by atoms with Crippen LogP contribution in [0.15, 0.2) is 96.1 Å². The Morgan fingerprint density at radius 1 is 0.741 bits per heavy atom. The average Bonchev–Trinajstić information content (AvgIpc) is 3.14. The molecule has 1 saturated heterocycles. The van der Waals surface area contributed by atoms with E-state index in [2.05, 4.69) is 15.3 Å². The van der Waals surface area contributed by atoms with Gasteiger partial charge in [-0.2, -0.15) is 0 Å². The monoisotopic (exact) mass is 866 g/mol. The van der Waals surface area contributed by atoms with Gasteiger partial charge in [-0.05, 0) is 22.2 Å². The number of carbonyl (C=O) groups excluding carboxylic acids is 2. The summed E-state index contributed by atoms with van der Waals surface area (Å²) < 4.78 is 37.6. The van der Waals surface area contributed by atoms with Crippen molar-refractivity contribution in [1.82, 2.24) is 5.32 Å². The summed E-state index contributed by atoms with van der Waals surface area (Å²) in [4.78, 5) is 28.8. The fourth-order valence-corrected chi connectivity index (χ4v) is 5.41. The van der Waals surface area contributed by atoms with E-state index in [0.717, 1.165) is 16.7 Å². The lowest BCUT2D eigenvalue weighted by Gasteiger charge is -2.44. The van der Waals surface area contributed by atoms with Crippen LogP contribution < -0.4 is 5.32 Å². The molecule has 6 atom stereocenters. The Balaban J connectivity index is 1.62. The van der Waals surface area contributed by atoms with Gasteiger partial charge in [0.05, 0.1) is 33.0 Å². The van der Waals surface area contributed by atoms with Gasteiger partial charge in [0.25, 0.3) is 0 Å². The van der Waals surface area contributed by atoms with Crippen molar-refractivity contribution in [3.8, 4) is 0 Å². The number of hydrogen-bond acceptors (Lipinski definition) is 10. The molecule has 0 saturated carbocycles. The van der Waals surface area contributed by atoms with Gasteiger partial charge < -0.3 is 38.5 Å². The van der Waals surface area contributed by atoms with Gasteiger partial charge in [-0.25, -0.2) is 9.59 Å². The van der Waals surface area contributed by atoms with Crippen LogP contribution in [0.4, 0.5) is 4.79 Å². The van der Waals surface area contributed by atoms with E-state index in [1.807, 2.05) is 91.0 Å². The van der Waals surface area contributed by atoms with Crippen molar-refractivity contribution >= 4 is 81.7 Å². The molecule has 3 aromatic rings. The van der Waals surface area contributed by atoms with Crippen molar-refractivity contribution in [2.45, 2.75) is 64.1 Å². The molecule has 1 N–H and O–H groups in total. The van der Waals surface area contributed by atoms with Crippen LogP contribution in [0, 0.1) is 0 Å². The fourth-order valence-electron chi connectivity index (χ4n) is 5.08. The van der Waals surface area contributed by atoms with Gasteiger partial charge in [0, 0.05) is 4.91 Å². The zero-order valence-corrected chi connectivity index (χ0v) is 32.9. The van der Waals surface area contributed by atoms with E-state index >= 15 is 0 Å². The first kappa shape index (κ1) is 44.0. The average molecular weight is 869 g/mol. The molecule has 1 aliphatic rings. The fraction of sp³-hybridized carbons (Fsp3) is 0.429. The third-order valence-corrected chi connectivity index (χ3v) is 8.17.